The molecule has 35 heavy (non-hydrogen) atoms. The number of aromatic nitrogens is 1. The molecule has 2 atom stereocenters. The molecule has 184 valence electrons. The van der Waals surface area contributed by atoms with E-state index in [9.17, 15) is 24.3 Å². The number of hydrogen-bond donors (Lipinski definition) is 3. The number of likely N-dealkylation sites (tertiary alicyclic amines) is 1. The van der Waals surface area contributed by atoms with Crippen LogP contribution in [0.5, 0.6) is 0 Å². The van der Waals surface area contributed by atoms with Crippen LogP contribution in [0.3, 0.4) is 0 Å². The number of benzene rings is 1. The summed E-state index contributed by atoms with van der Waals surface area (Å²) in [5.41, 5.74) is 1.34. The van der Waals surface area contributed by atoms with Gasteiger partial charge in [0.15, 0.2) is 0 Å². The highest BCUT2D eigenvalue weighted by atomic mass is 16.4. The van der Waals surface area contributed by atoms with Crippen molar-refractivity contribution < 1.29 is 19.5 Å². The average molecular weight is 479 g/mol. The maximum Gasteiger partial charge on any atom is 0.335 e. The Bertz CT molecular complexity index is 1220. The van der Waals surface area contributed by atoms with E-state index in [1.807, 2.05) is 6.07 Å². The molecule has 3 heterocycles. The maximum absolute atomic E-state index is 13.2. The number of amides is 3. The fraction of sp³-hybridized carbons (Fsp3) is 0.462. The first-order valence-electron chi connectivity index (χ1n) is 12.3. The second kappa shape index (κ2) is 9.56. The molecule has 2 aromatic rings. The van der Waals surface area contributed by atoms with Gasteiger partial charge >= 0.3 is 12.0 Å². The predicted molar refractivity (Wildman–Crippen MR) is 130 cm³/mol. The molecule has 5 rings (SSSR count). The number of piperidine rings is 1. The number of carboxylic acid groups (broad SMARTS) is 1. The highest BCUT2D eigenvalue weighted by molar-refractivity contribution is 5.97. The highest BCUT2D eigenvalue weighted by Crippen LogP contribution is 2.36. The van der Waals surface area contributed by atoms with E-state index in [4.69, 9.17) is 0 Å². The van der Waals surface area contributed by atoms with Gasteiger partial charge in [-0.15, -0.1) is 0 Å². The minimum atomic E-state index is -1.07. The largest absolute Gasteiger partial charge is 0.478 e. The van der Waals surface area contributed by atoms with Gasteiger partial charge in [-0.1, -0.05) is 25.3 Å². The van der Waals surface area contributed by atoms with E-state index < -0.39 is 5.97 Å². The van der Waals surface area contributed by atoms with Crippen molar-refractivity contribution in [2.45, 2.75) is 57.0 Å². The van der Waals surface area contributed by atoms with Crippen LogP contribution >= 0.6 is 0 Å². The number of aromatic carboxylic acids is 1. The number of anilines is 1. The Morgan fingerprint density at radius 1 is 0.943 bits per heavy atom. The van der Waals surface area contributed by atoms with E-state index in [-0.39, 0.29) is 46.6 Å². The van der Waals surface area contributed by atoms with Gasteiger partial charge in [-0.2, -0.15) is 0 Å². The Labute approximate surface area is 203 Å². The number of carbonyl (C=O) groups is 3. The van der Waals surface area contributed by atoms with Gasteiger partial charge in [0.05, 0.1) is 5.56 Å². The van der Waals surface area contributed by atoms with Gasteiger partial charge < -0.3 is 25.2 Å². The predicted octanol–water partition coefficient (Wildman–Crippen LogP) is 3.26. The van der Waals surface area contributed by atoms with Gasteiger partial charge in [-0.25, -0.2) is 9.59 Å². The molecule has 9 nitrogen and oxygen atoms in total. The Morgan fingerprint density at radius 2 is 1.71 bits per heavy atom. The zero-order chi connectivity index (χ0) is 24.5. The van der Waals surface area contributed by atoms with Gasteiger partial charge in [-0.05, 0) is 55.5 Å². The van der Waals surface area contributed by atoms with Crippen molar-refractivity contribution in [3.8, 4) is 0 Å². The lowest BCUT2D eigenvalue weighted by Gasteiger charge is -2.43. The maximum atomic E-state index is 13.2. The van der Waals surface area contributed by atoms with Crippen molar-refractivity contribution in [1.82, 2.24) is 14.8 Å². The first-order valence-corrected chi connectivity index (χ1v) is 12.3. The second-order valence-corrected chi connectivity index (χ2v) is 9.92. The minimum Gasteiger partial charge on any atom is -0.478 e. The van der Waals surface area contributed by atoms with Gasteiger partial charge in [0, 0.05) is 42.9 Å². The molecule has 3 N–H and O–H groups in total. The molecule has 1 saturated carbocycles. The van der Waals surface area contributed by atoms with Crippen LogP contribution < -0.4 is 16.2 Å². The lowest BCUT2D eigenvalue weighted by molar-refractivity contribution is 0.0594. The molecule has 3 amide bonds. The molecule has 0 radical (unpaired) electrons. The molecular weight excluding hydrogens is 448 g/mol. The number of carboxylic acids is 1. The Balaban J connectivity index is 1.30. The van der Waals surface area contributed by atoms with Crippen molar-refractivity contribution in [3.63, 3.8) is 0 Å². The number of hydrogen-bond acceptors (Lipinski definition) is 4. The van der Waals surface area contributed by atoms with Gasteiger partial charge in [-0.3, -0.25) is 9.59 Å². The third-order valence-corrected chi connectivity index (χ3v) is 7.44. The standard InChI is InChI=1S/C26H30N4O5/c31-23(17-5-4-6-18(12-17)25(33)34)29-13-16-11-19(15-29)22-10-9-21(24(32)30(22)14-16)28-26(35)27-20-7-2-1-3-8-20/h4-6,9-10,12,16,19-20H,1-3,7-8,11,13-15H2,(H,33,34)(H2,27,28,35)/t16-,19-/m1/s1. The smallest absolute Gasteiger partial charge is 0.335 e. The molecule has 1 aromatic carbocycles. The monoisotopic (exact) mass is 478 g/mol. The number of fused-ring (bicyclic) bond motifs is 4. The Morgan fingerprint density at radius 3 is 2.49 bits per heavy atom. The molecule has 3 aliphatic rings. The summed E-state index contributed by atoms with van der Waals surface area (Å²) in [5.74, 6) is -1.15. The number of nitrogens with zero attached hydrogens (tertiary/aromatic N) is 2. The molecule has 2 aliphatic heterocycles. The van der Waals surface area contributed by atoms with Crippen molar-refractivity contribution in [3.05, 3.63) is 63.6 Å². The molecule has 0 unspecified atom stereocenters. The molecule has 9 heteroatoms. The van der Waals surface area contributed by atoms with E-state index in [0.717, 1.165) is 37.8 Å². The molecule has 1 aromatic heterocycles. The van der Waals surface area contributed by atoms with Crippen LogP contribution in [-0.4, -0.2) is 51.6 Å². The lowest BCUT2D eigenvalue weighted by atomic mass is 9.83. The minimum absolute atomic E-state index is 0.00641. The van der Waals surface area contributed by atoms with Gasteiger partial charge in [0.1, 0.15) is 5.69 Å². The SMILES string of the molecule is O=C(Nc1ccc2n(c1=O)C[C@@H]1C[C@@H]2CN(C(=O)c2cccc(C(=O)O)c2)C1)NC1CCCCC1. The van der Waals surface area contributed by atoms with E-state index in [0.29, 0.717) is 25.2 Å². The Hall–Kier alpha value is -3.62. The second-order valence-electron chi connectivity index (χ2n) is 9.92. The summed E-state index contributed by atoms with van der Waals surface area (Å²) >= 11 is 0. The van der Waals surface area contributed by atoms with E-state index in [1.165, 1.54) is 18.6 Å². The first kappa shape index (κ1) is 23.1. The number of rotatable bonds is 4. The zero-order valence-corrected chi connectivity index (χ0v) is 19.5. The fourth-order valence-electron chi connectivity index (χ4n) is 5.77. The van der Waals surface area contributed by atoms with Crippen LogP contribution in [0.15, 0.2) is 41.2 Å². The average Bonchev–Trinajstić information content (AvgIpc) is 2.86. The van der Waals surface area contributed by atoms with Crippen LogP contribution in [0.25, 0.3) is 0 Å². The van der Waals surface area contributed by atoms with Crippen molar-refractivity contribution in [2.75, 3.05) is 18.4 Å². The number of urea groups is 1. The van der Waals surface area contributed by atoms with Crippen molar-refractivity contribution in [1.29, 1.82) is 0 Å². The van der Waals surface area contributed by atoms with Crippen LogP contribution in [0.1, 0.15) is 70.9 Å². The third kappa shape index (κ3) is 4.80. The number of nitrogens with one attached hydrogen (secondary N) is 2. The normalized spacial score (nSPS) is 21.7. The number of carbonyl (C=O) groups excluding carboxylic acids is 2. The molecule has 1 saturated heterocycles. The molecule has 2 bridgehead atoms. The molecule has 0 spiro atoms. The van der Waals surface area contributed by atoms with E-state index in [1.54, 1.807) is 27.7 Å². The van der Waals surface area contributed by atoms with E-state index >= 15 is 0 Å². The molecular formula is C26H30N4O5. The molecule has 2 fully saturated rings. The summed E-state index contributed by atoms with van der Waals surface area (Å²) in [6, 6.07) is 9.43. The quantitative estimate of drug-likeness (QED) is 0.623. The fourth-order valence-corrected chi connectivity index (χ4v) is 5.77. The van der Waals surface area contributed by atoms with Crippen LogP contribution in [0.2, 0.25) is 0 Å². The summed E-state index contributed by atoms with van der Waals surface area (Å²) in [4.78, 5) is 51.8. The topological polar surface area (TPSA) is 121 Å². The van der Waals surface area contributed by atoms with Gasteiger partial charge in [0.2, 0.25) is 0 Å². The van der Waals surface area contributed by atoms with E-state index in [2.05, 4.69) is 10.6 Å². The summed E-state index contributed by atoms with van der Waals surface area (Å²) in [5, 5.41) is 15.0. The van der Waals surface area contributed by atoms with Gasteiger partial charge in [0.25, 0.3) is 11.5 Å². The summed E-state index contributed by atoms with van der Waals surface area (Å²) in [6.07, 6.45) is 6.24. The summed E-state index contributed by atoms with van der Waals surface area (Å²) < 4.78 is 1.74. The van der Waals surface area contributed by atoms with Crippen LogP contribution in [0, 0.1) is 5.92 Å². The third-order valence-electron chi connectivity index (χ3n) is 7.44. The first-order chi connectivity index (χ1) is 16.9. The summed E-state index contributed by atoms with van der Waals surface area (Å²) in [6.45, 7) is 1.43. The number of pyridine rings is 1. The van der Waals surface area contributed by atoms with Crippen molar-refractivity contribution in [2.24, 2.45) is 5.92 Å². The van der Waals surface area contributed by atoms with Crippen LogP contribution in [0.4, 0.5) is 10.5 Å². The highest BCUT2D eigenvalue weighted by Gasteiger charge is 2.37. The summed E-state index contributed by atoms with van der Waals surface area (Å²) in [7, 11) is 0. The zero-order valence-electron chi connectivity index (χ0n) is 19.5. The Kier molecular flexibility index (Phi) is 6.32. The molecule has 1 aliphatic carbocycles. The lowest BCUT2D eigenvalue weighted by Crippen LogP contribution is -2.49. The van der Waals surface area contributed by atoms with Crippen LogP contribution in [-0.2, 0) is 6.54 Å². The van der Waals surface area contributed by atoms with Crippen molar-refractivity contribution >= 4 is 23.6 Å².